The molecule has 44 valence electrons. The van der Waals surface area contributed by atoms with Gasteiger partial charge in [-0.05, 0) is 13.8 Å². The van der Waals surface area contributed by atoms with E-state index in [0.717, 1.165) is 17.0 Å². The van der Waals surface area contributed by atoms with E-state index in [1.807, 2.05) is 13.8 Å². The number of rotatable bonds is 0. The van der Waals surface area contributed by atoms with Gasteiger partial charge in [-0.1, -0.05) is 0 Å². The molecule has 2 nitrogen and oxygen atoms in total. The Labute approximate surface area is 48.3 Å². The molecule has 0 saturated carbocycles. The lowest BCUT2D eigenvalue weighted by Gasteiger charge is -1.84. The number of nitrogens with two attached hydrogens (primary N) is 1. The van der Waals surface area contributed by atoms with E-state index in [0.29, 0.717) is 0 Å². The second kappa shape index (κ2) is 1.54. The van der Waals surface area contributed by atoms with E-state index in [9.17, 15) is 0 Å². The van der Waals surface area contributed by atoms with E-state index >= 15 is 0 Å². The molecule has 1 aromatic rings. The van der Waals surface area contributed by atoms with Crippen molar-refractivity contribution in [1.29, 1.82) is 0 Å². The zero-order valence-corrected chi connectivity index (χ0v) is 5.06. The van der Waals surface area contributed by atoms with Crippen LogP contribution in [0, 0.1) is 13.8 Å². The highest BCUT2D eigenvalue weighted by molar-refractivity contribution is 5.47. The lowest BCUT2D eigenvalue weighted by Crippen LogP contribution is -1.84. The second-order valence-electron chi connectivity index (χ2n) is 1.89. The molecule has 0 aliphatic carbocycles. The predicted octanol–water partition coefficient (Wildman–Crippen LogP) is 1.48. The van der Waals surface area contributed by atoms with Crippen LogP contribution in [-0.4, -0.2) is 0 Å². The normalized spacial score (nSPS) is 9.75. The third-order valence-electron chi connectivity index (χ3n) is 1.22. The summed E-state index contributed by atoms with van der Waals surface area (Å²) >= 11 is 0. The molecule has 0 aliphatic rings. The van der Waals surface area contributed by atoms with Gasteiger partial charge in [0.1, 0.15) is 5.76 Å². The van der Waals surface area contributed by atoms with E-state index in [1.54, 1.807) is 6.26 Å². The van der Waals surface area contributed by atoms with Gasteiger partial charge in [0.25, 0.3) is 0 Å². The zero-order chi connectivity index (χ0) is 6.15. The smallest absolute Gasteiger partial charge is 0.123 e. The Balaban J connectivity index is 3.19. The minimum Gasteiger partial charge on any atom is -0.467 e. The largest absolute Gasteiger partial charge is 0.467 e. The maximum absolute atomic E-state index is 5.51. The molecule has 0 radical (unpaired) electrons. The van der Waals surface area contributed by atoms with Crippen LogP contribution in [0.2, 0.25) is 0 Å². The van der Waals surface area contributed by atoms with Crippen molar-refractivity contribution in [2.24, 2.45) is 0 Å². The van der Waals surface area contributed by atoms with Crippen LogP contribution in [0.4, 0.5) is 5.69 Å². The van der Waals surface area contributed by atoms with Gasteiger partial charge in [0.2, 0.25) is 0 Å². The average Bonchev–Trinajstić information content (AvgIpc) is 1.98. The van der Waals surface area contributed by atoms with Crippen molar-refractivity contribution in [3.05, 3.63) is 17.6 Å². The third-order valence-corrected chi connectivity index (χ3v) is 1.22. The molecular weight excluding hydrogens is 102 g/mol. The van der Waals surface area contributed by atoms with E-state index < -0.39 is 0 Å². The Morgan fingerprint density at radius 3 is 2.25 bits per heavy atom. The van der Waals surface area contributed by atoms with Crippen LogP contribution < -0.4 is 5.73 Å². The number of anilines is 1. The highest BCUT2D eigenvalue weighted by Gasteiger charge is 1.98. The number of furan rings is 1. The van der Waals surface area contributed by atoms with Crippen molar-refractivity contribution < 1.29 is 4.42 Å². The molecule has 2 N–H and O–H groups in total. The SMILES string of the molecule is Cc1coc(C)c1N. The molecule has 0 bridgehead atoms. The van der Waals surface area contributed by atoms with Crippen molar-refractivity contribution in [3.8, 4) is 0 Å². The Hall–Kier alpha value is -0.920. The predicted molar refractivity (Wildman–Crippen MR) is 32.6 cm³/mol. The van der Waals surface area contributed by atoms with Crippen molar-refractivity contribution in [3.63, 3.8) is 0 Å². The molecule has 1 rings (SSSR count). The topological polar surface area (TPSA) is 39.2 Å². The first-order valence-electron chi connectivity index (χ1n) is 2.52. The van der Waals surface area contributed by atoms with E-state index in [2.05, 4.69) is 0 Å². The van der Waals surface area contributed by atoms with Crippen LogP contribution >= 0.6 is 0 Å². The Morgan fingerprint density at radius 2 is 2.12 bits per heavy atom. The molecular formula is C6H9NO. The molecule has 8 heavy (non-hydrogen) atoms. The van der Waals surface area contributed by atoms with Gasteiger partial charge >= 0.3 is 0 Å². The van der Waals surface area contributed by atoms with E-state index in [1.165, 1.54) is 0 Å². The molecule has 0 saturated heterocycles. The summed E-state index contributed by atoms with van der Waals surface area (Å²) in [6.07, 6.45) is 1.66. The van der Waals surface area contributed by atoms with Gasteiger partial charge in [0, 0.05) is 5.56 Å². The summed E-state index contributed by atoms with van der Waals surface area (Å²) in [5, 5.41) is 0. The van der Waals surface area contributed by atoms with Gasteiger partial charge in [0.05, 0.1) is 12.0 Å². The minimum absolute atomic E-state index is 0.769. The summed E-state index contributed by atoms with van der Waals surface area (Å²) in [4.78, 5) is 0. The minimum atomic E-state index is 0.769. The molecule has 0 spiro atoms. The summed E-state index contributed by atoms with van der Waals surface area (Å²) in [7, 11) is 0. The van der Waals surface area contributed by atoms with Crippen molar-refractivity contribution in [1.82, 2.24) is 0 Å². The maximum Gasteiger partial charge on any atom is 0.123 e. The fourth-order valence-corrected chi connectivity index (χ4v) is 0.581. The van der Waals surface area contributed by atoms with Crippen LogP contribution in [0.1, 0.15) is 11.3 Å². The van der Waals surface area contributed by atoms with Gasteiger partial charge in [0.15, 0.2) is 0 Å². The lowest BCUT2D eigenvalue weighted by atomic mass is 10.3. The van der Waals surface area contributed by atoms with Gasteiger partial charge in [-0.3, -0.25) is 0 Å². The van der Waals surface area contributed by atoms with Crippen molar-refractivity contribution in [2.45, 2.75) is 13.8 Å². The Bertz CT molecular complexity index is 171. The van der Waals surface area contributed by atoms with Crippen molar-refractivity contribution in [2.75, 3.05) is 5.73 Å². The first-order valence-corrected chi connectivity index (χ1v) is 2.52. The van der Waals surface area contributed by atoms with Crippen LogP contribution in [0.25, 0.3) is 0 Å². The standard InChI is InChI=1S/C6H9NO/c1-4-3-8-5(2)6(4)7/h3H,7H2,1-2H3. The molecule has 0 atom stereocenters. The average molecular weight is 111 g/mol. The molecule has 0 aromatic carbocycles. The lowest BCUT2D eigenvalue weighted by molar-refractivity contribution is 0.534. The highest BCUT2D eigenvalue weighted by atomic mass is 16.3. The fraction of sp³-hybridized carbons (Fsp3) is 0.333. The monoisotopic (exact) mass is 111 g/mol. The van der Waals surface area contributed by atoms with Gasteiger partial charge in [-0.2, -0.15) is 0 Å². The second-order valence-corrected chi connectivity index (χ2v) is 1.89. The van der Waals surface area contributed by atoms with E-state index in [4.69, 9.17) is 10.2 Å². The van der Waals surface area contributed by atoms with Gasteiger partial charge < -0.3 is 10.2 Å². The number of aryl methyl sites for hydroxylation is 2. The van der Waals surface area contributed by atoms with Crippen LogP contribution in [0.3, 0.4) is 0 Å². The molecule has 2 heteroatoms. The fourth-order valence-electron chi connectivity index (χ4n) is 0.581. The maximum atomic E-state index is 5.51. The number of nitrogen functional groups attached to an aromatic ring is 1. The third kappa shape index (κ3) is 0.579. The van der Waals surface area contributed by atoms with Crippen LogP contribution in [-0.2, 0) is 0 Å². The molecule has 0 amide bonds. The Kier molecular flexibility index (Phi) is 1.01. The molecule has 0 aliphatic heterocycles. The first-order chi connectivity index (χ1) is 3.72. The molecule has 0 unspecified atom stereocenters. The highest BCUT2D eigenvalue weighted by Crippen LogP contribution is 2.16. The number of hydrogen-bond donors (Lipinski definition) is 1. The van der Waals surface area contributed by atoms with Gasteiger partial charge in [-0.15, -0.1) is 0 Å². The number of hydrogen-bond acceptors (Lipinski definition) is 2. The van der Waals surface area contributed by atoms with Crippen molar-refractivity contribution >= 4 is 5.69 Å². The van der Waals surface area contributed by atoms with Crippen LogP contribution in [0.5, 0.6) is 0 Å². The molecule has 1 aromatic heterocycles. The van der Waals surface area contributed by atoms with E-state index in [-0.39, 0.29) is 0 Å². The van der Waals surface area contributed by atoms with Gasteiger partial charge in [-0.25, -0.2) is 0 Å². The first kappa shape index (κ1) is 5.22. The Morgan fingerprint density at radius 1 is 1.50 bits per heavy atom. The summed E-state index contributed by atoms with van der Waals surface area (Å²) in [6.45, 7) is 3.77. The summed E-state index contributed by atoms with van der Waals surface area (Å²) in [6, 6.07) is 0. The molecule has 0 fully saturated rings. The quantitative estimate of drug-likeness (QED) is 0.550. The summed E-state index contributed by atoms with van der Waals surface area (Å²) < 4.78 is 4.97. The molecule has 1 heterocycles. The summed E-state index contributed by atoms with van der Waals surface area (Å²) in [5.41, 5.74) is 7.29. The van der Waals surface area contributed by atoms with Crippen LogP contribution in [0.15, 0.2) is 10.7 Å². The summed E-state index contributed by atoms with van der Waals surface area (Å²) in [5.74, 6) is 0.808. The zero-order valence-electron chi connectivity index (χ0n) is 5.06.